The maximum absolute atomic E-state index is 6.01. The molecule has 3 heteroatoms. The number of hydrogen-bond acceptors (Lipinski definition) is 2. The Kier molecular flexibility index (Phi) is 2.89. The van der Waals surface area contributed by atoms with Crippen LogP contribution in [0, 0.1) is 6.92 Å². The first-order chi connectivity index (χ1) is 7.20. The summed E-state index contributed by atoms with van der Waals surface area (Å²) >= 11 is 6.01. The van der Waals surface area contributed by atoms with Crippen LogP contribution >= 0.6 is 11.6 Å². The van der Waals surface area contributed by atoms with Gasteiger partial charge in [-0.2, -0.15) is 0 Å². The van der Waals surface area contributed by atoms with Crippen molar-refractivity contribution in [1.82, 2.24) is 10.3 Å². The number of fused-ring (bicyclic) bond motifs is 1. The molecule has 0 spiro atoms. The summed E-state index contributed by atoms with van der Waals surface area (Å²) in [6.07, 6.45) is 1.90. The van der Waals surface area contributed by atoms with Gasteiger partial charge in [-0.1, -0.05) is 11.6 Å². The topological polar surface area (TPSA) is 24.9 Å². The van der Waals surface area contributed by atoms with Crippen LogP contribution in [0.25, 0.3) is 10.9 Å². The molecule has 0 atom stereocenters. The summed E-state index contributed by atoms with van der Waals surface area (Å²) in [4.78, 5) is 4.44. The van der Waals surface area contributed by atoms with Crippen LogP contribution in [-0.4, -0.2) is 12.0 Å². The summed E-state index contributed by atoms with van der Waals surface area (Å²) in [5, 5.41) is 4.98. The van der Waals surface area contributed by atoms with Gasteiger partial charge >= 0.3 is 0 Å². The van der Waals surface area contributed by atoms with E-state index in [1.807, 2.05) is 32.3 Å². The highest BCUT2D eigenvalue weighted by Crippen LogP contribution is 2.22. The van der Waals surface area contributed by atoms with Gasteiger partial charge in [0.15, 0.2) is 0 Å². The molecule has 1 aromatic heterocycles. The minimum absolute atomic E-state index is 0.767. The molecule has 0 radical (unpaired) electrons. The summed E-state index contributed by atoms with van der Waals surface area (Å²) in [6.45, 7) is 2.85. The number of nitrogens with zero attached hydrogens (tertiary/aromatic N) is 1. The lowest BCUT2D eigenvalue weighted by atomic mass is 10.1. The van der Waals surface area contributed by atoms with E-state index in [1.54, 1.807) is 0 Å². The van der Waals surface area contributed by atoms with E-state index in [1.165, 1.54) is 5.56 Å². The van der Waals surface area contributed by atoms with Crippen LogP contribution in [0.1, 0.15) is 11.1 Å². The molecule has 0 aliphatic heterocycles. The van der Waals surface area contributed by atoms with E-state index in [4.69, 9.17) is 11.6 Å². The average Bonchev–Trinajstić information content (AvgIpc) is 2.17. The second-order valence-corrected chi connectivity index (χ2v) is 4.10. The number of rotatable bonds is 2. The summed E-state index contributed by atoms with van der Waals surface area (Å²) in [5.74, 6) is 0. The number of benzene rings is 1. The van der Waals surface area contributed by atoms with Gasteiger partial charge in [-0.15, -0.1) is 0 Å². The Morgan fingerprint density at radius 3 is 2.87 bits per heavy atom. The van der Waals surface area contributed by atoms with Crippen molar-refractivity contribution < 1.29 is 0 Å². The fourth-order valence-corrected chi connectivity index (χ4v) is 2.01. The number of aryl methyl sites for hydroxylation is 1. The zero-order valence-corrected chi connectivity index (χ0v) is 9.60. The first-order valence-electron chi connectivity index (χ1n) is 4.90. The standard InChI is InChI=1S/C12H13ClN2/c1-8-3-11(13)5-10-4-9(6-14-2)7-15-12(8)10/h3-5,7,14H,6H2,1-2H3. The number of aromatic nitrogens is 1. The summed E-state index contributed by atoms with van der Waals surface area (Å²) < 4.78 is 0. The third-order valence-corrected chi connectivity index (χ3v) is 2.59. The monoisotopic (exact) mass is 220 g/mol. The molecule has 1 N–H and O–H groups in total. The van der Waals surface area contributed by atoms with Gasteiger partial charge < -0.3 is 5.32 Å². The molecule has 0 fully saturated rings. The molecular formula is C12H13ClN2. The summed E-state index contributed by atoms with van der Waals surface area (Å²) in [7, 11) is 1.92. The van der Waals surface area contributed by atoms with Gasteiger partial charge in [0.05, 0.1) is 5.52 Å². The van der Waals surface area contributed by atoms with Crippen molar-refractivity contribution in [2.45, 2.75) is 13.5 Å². The molecule has 78 valence electrons. The first kappa shape index (κ1) is 10.4. The first-order valence-corrected chi connectivity index (χ1v) is 5.28. The number of hydrogen-bond donors (Lipinski definition) is 1. The van der Waals surface area contributed by atoms with Crippen LogP contribution in [-0.2, 0) is 6.54 Å². The lowest BCUT2D eigenvalue weighted by Gasteiger charge is -2.05. The number of nitrogens with one attached hydrogen (secondary N) is 1. The van der Waals surface area contributed by atoms with E-state index >= 15 is 0 Å². The van der Waals surface area contributed by atoms with Crippen molar-refractivity contribution in [3.8, 4) is 0 Å². The molecule has 2 aromatic rings. The van der Waals surface area contributed by atoms with Crippen LogP contribution in [0.5, 0.6) is 0 Å². The molecule has 15 heavy (non-hydrogen) atoms. The Hall–Kier alpha value is -1.12. The summed E-state index contributed by atoms with van der Waals surface area (Å²) in [5.41, 5.74) is 3.32. The summed E-state index contributed by atoms with van der Waals surface area (Å²) in [6, 6.07) is 6.02. The van der Waals surface area contributed by atoms with Crippen molar-refractivity contribution in [3.63, 3.8) is 0 Å². The minimum Gasteiger partial charge on any atom is -0.316 e. The molecule has 1 aromatic carbocycles. The van der Waals surface area contributed by atoms with Gasteiger partial charge in [-0.25, -0.2) is 0 Å². The van der Waals surface area contributed by atoms with Crippen LogP contribution < -0.4 is 5.32 Å². The highest BCUT2D eigenvalue weighted by Gasteiger charge is 2.02. The second-order valence-electron chi connectivity index (χ2n) is 3.67. The highest BCUT2D eigenvalue weighted by atomic mass is 35.5. The van der Waals surface area contributed by atoms with Crippen molar-refractivity contribution in [1.29, 1.82) is 0 Å². The second kappa shape index (κ2) is 4.17. The van der Waals surface area contributed by atoms with Crippen molar-refractivity contribution >= 4 is 22.5 Å². The van der Waals surface area contributed by atoms with E-state index < -0.39 is 0 Å². The van der Waals surface area contributed by atoms with Crippen LogP contribution in [0.2, 0.25) is 5.02 Å². The molecule has 0 aliphatic carbocycles. The van der Waals surface area contributed by atoms with Crippen molar-refractivity contribution in [2.24, 2.45) is 0 Å². The Balaban J connectivity index is 2.60. The molecule has 0 aliphatic rings. The van der Waals surface area contributed by atoms with Gasteiger partial charge in [0.2, 0.25) is 0 Å². The Labute approximate surface area is 94.3 Å². The fourth-order valence-electron chi connectivity index (χ4n) is 1.73. The molecular weight excluding hydrogens is 208 g/mol. The SMILES string of the molecule is CNCc1cnc2c(C)cc(Cl)cc2c1. The Morgan fingerprint density at radius 1 is 1.33 bits per heavy atom. The molecule has 0 unspecified atom stereocenters. The van der Waals surface area contributed by atoms with Gasteiger partial charge in [-0.05, 0) is 43.3 Å². The normalized spacial score (nSPS) is 10.9. The van der Waals surface area contributed by atoms with Crippen LogP contribution in [0.3, 0.4) is 0 Å². The van der Waals surface area contributed by atoms with E-state index in [2.05, 4.69) is 16.4 Å². The third-order valence-electron chi connectivity index (χ3n) is 2.38. The fraction of sp³-hybridized carbons (Fsp3) is 0.250. The molecule has 0 saturated carbocycles. The van der Waals surface area contributed by atoms with Crippen LogP contribution in [0.15, 0.2) is 24.4 Å². The Bertz CT molecular complexity index is 494. The third kappa shape index (κ3) is 2.11. The van der Waals surface area contributed by atoms with Crippen molar-refractivity contribution in [2.75, 3.05) is 7.05 Å². The van der Waals surface area contributed by atoms with Gasteiger partial charge in [-0.3, -0.25) is 4.98 Å². The predicted molar refractivity (Wildman–Crippen MR) is 64.3 cm³/mol. The van der Waals surface area contributed by atoms with Crippen molar-refractivity contribution in [3.05, 3.63) is 40.5 Å². The largest absolute Gasteiger partial charge is 0.316 e. The quantitative estimate of drug-likeness (QED) is 0.842. The minimum atomic E-state index is 0.767. The molecule has 0 saturated heterocycles. The number of pyridine rings is 1. The lowest BCUT2D eigenvalue weighted by Crippen LogP contribution is -2.05. The smallest absolute Gasteiger partial charge is 0.0732 e. The average molecular weight is 221 g/mol. The molecule has 1 heterocycles. The Morgan fingerprint density at radius 2 is 2.13 bits per heavy atom. The highest BCUT2D eigenvalue weighted by molar-refractivity contribution is 6.31. The molecule has 2 nitrogen and oxygen atoms in total. The predicted octanol–water partition coefficient (Wildman–Crippen LogP) is 2.92. The van der Waals surface area contributed by atoms with E-state index in [9.17, 15) is 0 Å². The molecule has 0 amide bonds. The maximum Gasteiger partial charge on any atom is 0.0732 e. The molecule has 2 rings (SSSR count). The lowest BCUT2D eigenvalue weighted by molar-refractivity contribution is 0.815. The number of halogens is 1. The zero-order valence-electron chi connectivity index (χ0n) is 8.84. The van der Waals surface area contributed by atoms with E-state index in [-0.39, 0.29) is 0 Å². The maximum atomic E-state index is 6.01. The van der Waals surface area contributed by atoms with E-state index in [0.717, 1.165) is 28.0 Å². The van der Waals surface area contributed by atoms with Gasteiger partial charge in [0.1, 0.15) is 0 Å². The van der Waals surface area contributed by atoms with Crippen LogP contribution in [0.4, 0.5) is 0 Å². The van der Waals surface area contributed by atoms with Gasteiger partial charge in [0.25, 0.3) is 0 Å². The van der Waals surface area contributed by atoms with E-state index in [0.29, 0.717) is 0 Å². The van der Waals surface area contributed by atoms with Gasteiger partial charge in [0, 0.05) is 23.2 Å². The zero-order chi connectivity index (χ0) is 10.8. The molecule has 0 bridgehead atoms.